The van der Waals surface area contributed by atoms with Gasteiger partial charge in [-0.15, -0.1) is 0 Å². The Labute approximate surface area is 146 Å². The lowest BCUT2D eigenvalue weighted by Gasteiger charge is -2.25. The molecule has 1 saturated heterocycles. The third kappa shape index (κ3) is 4.33. The molecule has 0 N–H and O–H groups in total. The van der Waals surface area contributed by atoms with E-state index in [4.69, 9.17) is 16.3 Å². The van der Waals surface area contributed by atoms with Crippen LogP contribution in [-0.4, -0.2) is 44.8 Å². The average molecular weight is 349 g/mol. The summed E-state index contributed by atoms with van der Waals surface area (Å²) in [6, 6.07) is 5.71. The van der Waals surface area contributed by atoms with Crippen LogP contribution in [0.15, 0.2) is 30.6 Å². The molecule has 3 rings (SSSR count). The smallest absolute Gasteiger partial charge is 0.244 e. The standard InChI is InChI=1S/C17H21ClN4O2/c1-13-16(18)11-22(20-13)12-17(23)21(10-15-6-4-8-24-15)9-14-5-2-3-7-19-14/h2-3,5,7,11,15H,4,6,8-10,12H2,1H3/t15-/m0/s1. The summed E-state index contributed by atoms with van der Waals surface area (Å²) in [5.41, 5.74) is 1.58. The van der Waals surface area contributed by atoms with Crippen LogP contribution in [-0.2, 0) is 22.6 Å². The van der Waals surface area contributed by atoms with Crippen molar-refractivity contribution in [1.82, 2.24) is 19.7 Å². The van der Waals surface area contributed by atoms with Crippen molar-refractivity contribution in [1.29, 1.82) is 0 Å². The Morgan fingerprint density at radius 2 is 2.38 bits per heavy atom. The van der Waals surface area contributed by atoms with Crippen molar-refractivity contribution in [3.05, 3.63) is 47.0 Å². The number of nitrogens with zero attached hydrogens (tertiary/aromatic N) is 4. The summed E-state index contributed by atoms with van der Waals surface area (Å²) in [4.78, 5) is 18.9. The van der Waals surface area contributed by atoms with E-state index in [0.717, 1.165) is 30.8 Å². The molecule has 7 heteroatoms. The van der Waals surface area contributed by atoms with Gasteiger partial charge in [0.2, 0.25) is 5.91 Å². The van der Waals surface area contributed by atoms with Gasteiger partial charge in [0.15, 0.2) is 0 Å². The van der Waals surface area contributed by atoms with Crippen LogP contribution in [0.25, 0.3) is 0 Å². The number of hydrogen-bond donors (Lipinski definition) is 0. The molecule has 0 unspecified atom stereocenters. The molecule has 2 aromatic heterocycles. The summed E-state index contributed by atoms with van der Waals surface area (Å²) < 4.78 is 7.27. The molecule has 2 aromatic rings. The molecule has 0 bridgehead atoms. The lowest BCUT2D eigenvalue weighted by molar-refractivity contribution is -0.134. The summed E-state index contributed by atoms with van der Waals surface area (Å²) in [5, 5.41) is 4.83. The van der Waals surface area contributed by atoms with Gasteiger partial charge in [0, 0.05) is 25.5 Å². The number of aryl methyl sites for hydroxylation is 1. The molecule has 1 atom stereocenters. The summed E-state index contributed by atoms with van der Waals surface area (Å²) >= 11 is 6.02. The Balaban J connectivity index is 1.70. The molecular weight excluding hydrogens is 328 g/mol. The SMILES string of the molecule is Cc1nn(CC(=O)N(Cc2ccccn2)C[C@@H]2CCCO2)cc1Cl. The van der Waals surface area contributed by atoms with E-state index in [-0.39, 0.29) is 18.6 Å². The van der Waals surface area contributed by atoms with Crippen molar-refractivity contribution in [3.8, 4) is 0 Å². The molecule has 1 aliphatic rings. The van der Waals surface area contributed by atoms with Gasteiger partial charge in [0.05, 0.1) is 29.1 Å². The van der Waals surface area contributed by atoms with Crippen molar-refractivity contribution < 1.29 is 9.53 Å². The number of ether oxygens (including phenoxy) is 1. The lowest BCUT2D eigenvalue weighted by atomic mass is 10.2. The highest BCUT2D eigenvalue weighted by molar-refractivity contribution is 6.31. The van der Waals surface area contributed by atoms with Crippen LogP contribution in [0.3, 0.4) is 0 Å². The van der Waals surface area contributed by atoms with E-state index in [1.807, 2.05) is 25.1 Å². The Hall–Kier alpha value is -1.92. The van der Waals surface area contributed by atoms with Crippen LogP contribution in [0.1, 0.15) is 24.2 Å². The number of carbonyl (C=O) groups is 1. The monoisotopic (exact) mass is 348 g/mol. The van der Waals surface area contributed by atoms with Gasteiger partial charge in [0.25, 0.3) is 0 Å². The molecule has 0 aliphatic carbocycles. The van der Waals surface area contributed by atoms with Gasteiger partial charge in [0.1, 0.15) is 6.54 Å². The summed E-state index contributed by atoms with van der Waals surface area (Å²) in [5.74, 6) is -0.0182. The van der Waals surface area contributed by atoms with Gasteiger partial charge >= 0.3 is 0 Å². The van der Waals surface area contributed by atoms with Crippen LogP contribution in [0.2, 0.25) is 5.02 Å². The molecule has 0 saturated carbocycles. The van der Waals surface area contributed by atoms with Gasteiger partial charge in [-0.05, 0) is 31.9 Å². The molecule has 0 aromatic carbocycles. The number of amides is 1. The third-order valence-electron chi connectivity index (χ3n) is 4.06. The lowest BCUT2D eigenvalue weighted by Crippen LogP contribution is -2.39. The van der Waals surface area contributed by atoms with Gasteiger partial charge in [-0.2, -0.15) is 5.10 Å². The maximum Gasteiger partial charge on any atom is 0.244 e. The minimum atomic E-state index is -0.0182. The molecular formula is C17H21ClN4O2. The predicted molar refractivity (Wildman–Crippen MR) is 90.6 cm³/mol. The van der Waals surface area contributed by atoms with Gasteiger partial charge < -0.3 is 9.64 Å². The number of pyridine rings is 1. The first kappa shape index (κ1) is 16.9. The second-order valence-corrected chi connectivity index (χ2v) is 6.40. The quantitative estimate of drug-likeness (QED) is 0.804. The largest absolute Gasteiger partial charge is 0.376 e. The zero-order valence-corrected chi connectivity index (χ0v) is 14.4. The van der Waals surface area contributed by atoms with Gasteiger partial charge in [-0.25, -0.2) is 0 Å². The van der Waals surface area contributed by atoms with Crippen molar-refractivity contribution in [2.75, 3.05) is 13.2 Å². The first-order valence-electron chi connectivity index (χ1n) is 8.10. The predicted octanol–water partition coefficient (Wildman–Crippen LogP) is 2.45. The molecule has 6 nitrogen and oxygen atoms in total. The first-order valence-corrected chi connectivity index (χ1v) is 8.48. The van der Waals surface area contributed by atoms with Crippen LogP contribution in [0.4, 0.5) is 0 Å². The van der Waals surface area contributed by atoms with Crippen molar-refractivity contribution in [3.63, 3.8) is 0 Å². The normalized spacial score (nSPS) is 17.2. The molecule has 128 valence electrons. The highest BCUT2D eigenvalue weighted by atomic mass is 35.5. The minimum Gasteiger partial charge on any atom is -0.376 e. The Bertz CT molecular complexity index is 664. The zero-order valence-electron chi connectivity index (χ0n) is 13.7. The van der Waals surface area contributed by atoms with E-state index >= 15 is 0 Å². The maximum atomic E-state index is 12.8. The van der Waals surface area contributed by atoms with E-state index in [1.165, 1.54) is 0 Å². The number of aromatic nitrogens is 3. The molecule has 3 heterocycles. The van der Waals surface area contributed by atoms with Crippen molar-refractivity contribution in [2.45, 2.75) is 39.0 Å². The second-order valence-electron chi connectivity index (χ2n) is 5.99. The van der Waals surface area contributed by atoms with Crippen molar-refractivity contribution >= 4 is 17.5 Å². The Morgan fingerprint density at radius 3 is 3.00 bits per heavy atom. The molecule has 0 radical (unpaired) electrons. The third-order valence-corrected chi connectivity index (χ3v) is 4.43. The van der Waals surface area contributed by atoms with Crippen LogP contribution < -0.4 is 0 Å². The molecule has 1 fully saturated rings. The number of carbonyl (C=O) groups excluding carboxylic acids is 1. The fourth-order valence-corrected chi connectivity index (χ4v) is 2.94. The fraction of sp³-hybridized carbons (Fsp3) is 0.471. The van der Waals surface area contributed by atoms with E-state index in [1.54, 1.807) is 22.0 Å². The fourth-order valence-electron chi connectivity index (χ4n) is 2.79. The number of hydrogen-bond acceptors (Lipinski definition) is 4. The van der Waals surface area contributed by atoms with E-state index in [9.17, 15) is 4.79 Å². The van der Waals surface area contributed by atoms with E-state index < -0.39 is 0 Å². The number of rotatable bonds is 6. The van der Waals surface area contributed by atoms with Gasteiger partial charge in [-0.3, -0.25) is 14.5 Å². The molecule has 0 spiro atoms. The summed E-state index contributed by atoms with van der Waals surface area (Å²) in [6.07, 6.45) is 5.55. The Kier molecular flexibility index (Phi) is 5.48. The molecule has 24 heavy (non-hydrogen) atoms. The Morgan fingerprint density at radius 1 is 1.50 bits per heavy atom. The molecule has 1 aliphatic heterocycles. The zero-order chi connectivity index (χ0) is 16.9. The topological polar surface area (TPSA) is 60.2 Å². The summed E-state index contributed by atoms with van der Waals surface area (Å²) in [7, 11) is 0. The minimum absolute atomic E-state index is 0.0182. The van der Waals surface area contributed by atoms with Gasteiger partial charge in [-0.1, -0.05) is 17.7 Å². The van der Waals surface area contributed by atoms with E-state index in [2.05, 4.69) is 10.1 Å². The number of halogens is 1. The maximum absolute atomic E-state index is 12.8. The van der Waals surface area contributed by atoms with Crippen molar-refractivity contribution in [2.24, 2.45) is 0 Å². The van der Waals surface area contributed by atoms with Crippen LogP contribution in [0.5, 0.6) is 0 Å². The van der Waals surface area contributed by atoms with Crippen LogP contribution in [0, 0.1) is 6.92 Å². The van der Waals surface area contributed by atoms with E-state index in [0.29, 0.717) is 18.1 Å². The van der Waals surface area contributed by atoms with Crippen LogP contribution >= 0.6 is 11.6 Å². The molecule has 1 amide bonds. The highest BCUT2D eigenvalue weighted by Gasteiger charge is 2.23. The average Bonchev–Trinajstić information content (AvgIpc) is 3.18. The second kappa shape index (κ2) is 7.77. The summed E-state index contributed by atoms with van der Waals surface area (Å²) in [6.45, 7) is 3.79. The highest BCUT2D eigenvalue weighted by Crippen LogP contribution is 2.16. The first-order chi connectivity index (χ1) is 11.6.